The first-order valence-electron chi connectivity index (χ1n) is 10.1. The van der Waals surface area contributed by atoms with Crippen molar-refractivity contribution >= 4 is 11.7 Å². The molecule has 0 saturated carbocycles. The van der Waals surface area contributed by atoms with E-state index in [1.807, 2.05) is 23.2 Å². The molecule has 8 heteroatoms. The minimum absolute atomic E-state index is 0.0805. The lowest BCUT2D eigenvalue weighted by Crippen LogP contribution is -2.50. The Labute approximate surface area is 165 Å². The topological polar surface area (TPSA) is 86.4 Å². The number of nitrogens with one attached hydrogen (secondary N) is 2. The van der Waals surface area contributed by atoms with Crippen LogP contribution in [-0.4, -0.2) is 82.6 Å². The SMILES string of the molecule is O=C(c1ccc(NCCc2cnc[nH]2)nc1)N1CCC(N2CCOCC2)CC1. The number of nitrogens with zero attached hydrogens (tertiary/aromatic N) is 4. The Morgan fingerprint density at radius 1 is 1.18 bits per heavy atom. The number of imidazole rings is 1. The number of morpholine rings is 1. The molecule has 4 rings (SSSR count). The predicted molar refractivity (Wildman–Crippen MR) is 106 cm³/mol. The van der Waals surface area contributed by atoms with E-state index in [0.717, 1.165) is 76.7 Å². The first-order chi connectivity index (χ1) is 13.8. The van der Waals surface area contributed by atoms with Crippen LogP contribution < -0.4 is 5.32 Å². The highest BCUT2D eigenvalue weighted by molar-refractivity contribution is 5.94. The number of hydrogen-bond acceptors (Lipinski definition) is 6. The minimum Gasteiger partial charge on any atom is -0.379 e. The van der Waals surface area contributed by atoms with Crippen LogP contribution in [0.5, 0.6) is 0 Å². The average molecular weight is 384 g/mol. The molecule has 150 valence electrons. The Hall–Kier alpha value is -2.45. The lowest BCUT2D eigenvalue weighted by atomic mass is 10.0. The molecule has 2 aliphatic rings. The van der Waals surface area contributed by atoms with Crippen molar-refractivity contribution in [1.29, 1.82) is 0 Å². The number of aromatic amines is 1. The molecular formula is C20H28N6O2. The van der Waals surface area contributed by atoms with Crippen LogP contribution in [0.15, 0.2) is 30.9 Å². The molecule has 0 atom stereocenters. The van der Waals surface area contributed by atoms with E-state index in [1.54, 1.807) is 12.5 Å². The molecule has 2 saturated heterocycles. The van der Waals surface area contributed by atoms with Crippen LogP contribution in [0.1, 0.15) is 28.9 Å². The first-order valence-corrected chi connectivity index (χ1v) is 10.1. The number of piperidine rings is 1. The fourth-order valence-electron chi connectivity index (χ4n) is 3.93. The van der Waals surface area contributed by atoms with E-state index in [1.165, 1.54) is 0 Å². The number of H-pyrrole nitrogens is 1. The van der Waals surface area contributed by atoms with Gasteiger partial charge in [-0.3, -0.25) is 9.69 Å². The molecule has 0 spiro atoms. The third-order valence-electron chi connectivity index (χ3n) is 5.58. The van der Waals surface area contributed by atoms with Crippen molar-refractivity contribution in [2.24, 2.45) is 0 Å². The second-order valence-corrected chi connectivity index (χ2v) is 7.36. The fraction of sp³-hybridized carbons (Fsp3) is 0.550. The van der Waals surface area contributed by atoms with Gasteiger partial charge >= 0.3 is 0 Å². The van der Waals surface area contributed by atoms with Crippen molar-refractivity contribution in [3.05, 3.63) is 42.1 Å². The molecular weight excluding hydrogens is 356 g/mol. The molecule has 0 bridgehead atoms. The van der Waals surface area contributed by atoms with Gasteiger partial charge in [0.25, 0.3) is 5.91 Å². The molecule has 8 nitrogen and oxygen atoms in total. The summed E-state index contributed by atoms with van der Waals surface area (Å²) in [5, 5.41) is 3.27. The van der Waals surface area contributed by atoms with Gasteiger partial charge in [0.15, 0.2) is 0 Å². The molecule has 4 heterocycles. The van der Waals surface area contributed by atoms with Gasteiger partial charge in [-0.2, -0.15) is 0 Å². The molecule has 0 unspecified atom stereocenters. The van der Waals surface area contributed by atoms with E-state index in [-0.39, 0.29) is 5.91 Å². The maximum Gasteiger partial charge on any atom is 0.255 e. The number of hydrogen-bond donors (Lipinski definition) is 2. The van der Waals surface area contributed by atoms with Crippen LogP contribution in [0.25, 0.3) is 0 Å². The van der Waals surface area contributed by atoms with Gasteiger partial charge in [-0.25, -0.2) is 9.97 Å². The van der Waals surface area contributed by atoms with E-state index in [9.17, 15) is 4.79 Å². The second kappa shape index (κ2) is 9.16. The monoisotopic (exact) mass is 384 g/mol. The molecule has 2 aromatic rings. The smallest absolute Gasteiger partial charge is 0.255 e. The van der Waals surface area contributed by atoms with Crippen molar-refractivity contribution in [3.8, 4) is 0 Å². The van der Waals surface area contributed by atoms with Crippen LogP contribution in [0.4, 0.5) is 5.82 Å². The third-order valence-corrected chi connectivity index (χ3v) is 5.58. The number of likely N-dealkylation sites (tertiary alicyclic amines) is 1. The number of ether oxygens (including phenoxy) is 1. The Balaban J connectivity index is 1.24. The predicted octanol–water partition coefficient (Wildman–Crippen LogP) is 1.40. The van der Waals surface area contributed by atoms with Crippen molar-refractivity contribution < 1.29 is 9.53 Å². The number of amides is 1. The summed E-state index contributed by atoms with van der Waals surface area (Å²) in [5.74, 6) is 0.860. The van der Waals surface area contributed by atoms with E-state index >= 15 is 0 Å². The van der Waals surface area contributed by atoms with E-state index < -0.39 is 0 Å². The highest BCUT2D eigenvalue weighted by Crippen LogP contribution is 2.19. The molecule has 0 radical (unpaired) electrons. The molecule has 1 amide bonds. The normalized spacial score (nSPS) is 18.9. The zero-order valence-corrected chi connectivity index (χ0v) is 16.1. The summed E-state index contributed by atoms with van der Waals surface area (Å²) in [4.78, 5) is 28.7. The number of carbonyl (C=O) groups is 1. The van der Waals surface area contributed by atoms with Crippen molar-refractivity contribution in [2.45, 2.75) is 25.3 Å². The number of rotatable bonds is 6. The summed E-state index contributed by atoms with van der Waals surface area (Å²) in [6, 6.07) is 4.32. The lowest BCUT2D eigenvalue weighted by molar-refractivity contribution is 0.00158. The van der Waals surface area contributed by atoms with Crippen LogP contribution in [0.3, 0.4) is 0 Å². The highest BCUT2D eigenvalue weighted by atomic mass is 16.5. The summed E-state index contributed by atoms with van der Waals surface area (Å²) in [7, 11) is 0. The standard InChI is InChI=1S/C20H28N6O2/c27-20(26-7-4-18(5-8-26)25-9-11-28-12-10-25)16-1-2-19(23-13-16)22-6-3-17-14-21-15-24-17/h1-2,13-15,18H,3-12H2,(H,21,24)(H,22,23). The molecule has 2 N–H and O–H groups in total. The first kappa shape index (κ1) is 18.9. The van der Waals surface area contributed by atoms with Gasteiger partial charge in [0, 0.05) is 63.3 Å². The van der Waals surface area contributed by atoms with Gasteiger partial charge in [0.2, 0.25) is 0 Å². The van der Waals surface area contributed by atoms with Crippen LogP contribution in [0.2, 0.25) is 0 Å². The maximum atomic E-state index is 12.8. The third kappa shape index (κ3) is 4.69. The minimum atomic E-state index is 0.0805. The summed E-state index contributed by atoms with van der Waals surface area (Å²) in [5.41, 5.74) is 1.74. The van der Waals surface area contributed by atoms with Gasteiger partial charge in [0.1, 0.15) is 5.82 Å². The highest BCUT2D eigenvalue weighted by Gasteiger charge is 2.28. The van der Waals surface area contributed by atoms with Crippen molar-refractivity contribution in [3.63, 3.8) is 0 Å². The number of pyridine rings is 1. The summed E-state index contributed by atoms with van der Waals surface area (Å²) in [6.07, 6.45) is 8.09. The number of aromatic nitrogens is 3. The quantitative estimate of drug-likeness (QED) is 0.783. The van der Waals surface area contributed by atoms with Crippen LogP contribution in [-0.2, 0) is 11.2 Å². The van der Waals surface area contributed by atoms with Gasteiger partial charge < -0.3 is 19.9 Å². The average Bonchev–Trinajstić information content (AvgIpc) is 3.28. The summed E-state index contributed by atoms with van der Waals surface area (Å²) >= 11 is 0. The van der Waals surface area contributed by atoms with Gasteiger partial charge in [-0.1, -0.05) is 0 Å². The Kier molecular flexibility index (Phi) is 6.18. The lowest BCUT2D eigenvalue weighted by Gasteiger charge is -2.40. The zero-order valence-electron chi connectivity index (χ0n) is 16.1. The van der Waals surface area contributed by atoms with E-state index in [4.69, 9.17) is 4.74 Å². The molecule has 2 aliphatic heterocycles. The van der Waals surface area contributed by atoms with Crippen molar-refractivity contribution in [1.82, 2.24) is 24.8 Å². The van der Waals surface area contributed by atoms with Crippen LogP contribution in [0, 0.1) is 0 Å². The van der Waals surface area contributed by atoms with Gasteiger partial charge in [0.05, 0.1) is 25.1 Å². The number of anilines is 1. The summed E-state index contributed by atoms with van der Waals surface area (Å²) < 4.78 is 5.44. The zero-order chi connectivity index (χ0) is 19.2. The van der Waals surface area contributed by atoms with Crippen molar-refractivity contribution in [2.75, 3.05) is 51.3 Å². The molecule has 28 heavy (non-hydrogen) atoms. The Morgan fingerprint density at radius 2 is 2.00 bits per heavy atom. The Bertz CT molecular complexity index is 735. The fourth-order valence-corrected chi connectivity index (χ4v) is 3.93. The van der Waals surface area contributed by atoms with E-state index in [0.29, 0.717) is 11.6 Å². The van der Waals surface area contributed by atoms with Gasteiger partial charge in [-0.05, 0) is 25.0 Å². The second-order valence-electron chi connectivity index (χ2n) is 7.36. The molecule has 0 aliphatic carbocycles. The largest absolute Gasteiger partial charge is 0.379 e. The molecule has 2 fully saturated rings. The van der Waals surface area contributed by atoms with Gasteiger partial charge in [-0.15, -0.1) is 0 Å². The maximum absolute atomic E-state index is 12.8. The Morgan fingerprint density at radius 3 is 2.68 bits per heavy atom. The summed E-state index contributed by atoms with van der Waals surface area (Å²) in [6.45, 7) is 6.06. The molecule has 0 aromatic carbocycles. The molecule has 2 aromatic heterocycles. The van der Waals surface area contributed by atoms with Crippen LogP contribution >= 0.6 is 0 Å². The number of carbonyl (C=O) groups excluding carboxylic acids is 1. The van der Waals surface area contributed by atoms with E-state index in [2.05, 4.69) is 25.2 Å².